The molecule has 1 aromatic carbocycles. The number of likely N-dealkylation sites (tertiary alicyclic amines) is 1. The number of halogens is 2. The number of hydrogen-bond acceptors (Lipinski definition) is 2. The van der Waals surface area contributed by atoms with E-state index in [1.165, 1.54) is 18.2 Å². The van der Waals surface area contributed by atoms with Crippen LogP contribution >= 0.6 is 0 Å². The lowest BCUT2D eigenvalue weighted by Gasteiger charge is -2.36. The first-order valence-corrected chi connectivity index (χ1v) is 6.51. The van der Waals surface area contributed by atoms with Gasteiger partial charge in [-0.1, -0.05) is 13.0 Å². The Morgan fingerprint density at radius 3 is 2.33 bits per heavy atom. The molecular weight excluding hydrogens is 234 g/mol. The van der Waals surface area contributed by atoms with Gasteiger partial charge in [0, 0.05) is 12.1 Å². The molecule has 0 amide bonds. The molecule has 2 rings (SSSR count). The SMILES string of the molecule is CC1CCN(C(CN)c2c(F)cccc2F)CC1. The smallest absolute Gasteiger partial charge is 0.130 e. The molecule has 1 unspecified atom stereocenters. The van der Waals surface area contributed by atoms with E-state index < -0.39 is 11.6 Å². The van der Waals surface area contributed by atoms with Gasteiger partial charge in [-0.2, -0.15) is 0 Å². The molecule has 0 aromatic heterocycles. The Hall–Kier alpha value is -1.00. The molecule has 1 aliphatic rings. The van der Waals surface area contributed by atoms with Crippen molar-refractivity contribution in [1.82, 2.24) is 4.90 Å². The number of hydrogen-bond donors (Lipinski definition) is 1. The zero-order valence-corrected chi connectivity index (χ0v) is 10.7. The highest BCUT2D eigenvalue weighted by Gasteiger charge is 2.27. The molecule has 2 N–H and O–H groups in total. The van der Waals surface area contributed by atoms with Gasteiger partial charge in [-0.3, -0.25) is 4.90 Å². The van der Waals surface area contributed by atoms with Crippen LogP contribution in [0.1, 0.15) is 31.4 Å². The second kappa shape index (κ2) is 5.76. The van der Waals surface area contributed by atoms with Crippen molar-refractivity contribution >= 4 is 0 Å². The Morgan fingerprint density at radius 2 is 1.83 bits per heavy atom. The third-order valence-electron chi connectivity index (χ3n) is 3.82. The van der Waals surface area contributed by atoms with E-state index in [0.717, 1.165) is 25.9 Å². The highest BCUT2D eigenvalue weighted by Crippen LogP contribution is 2.29. The van der Waals surface area contributed by atoms with E-state index in [4.69, 9.17) is 5.73 Å². The first-order valence-electron chi connectivity index (χ1n) is 6.51. The second-order valence-electron chi connectivity index (χ2n) is 5.11. The van der Waals surface area contributed by atoms with Gasteiger partial charge < -0.3 is 5.73 Å². The van der Waals surface area contributed by atoms with Crippen molar-refractivity contribution in [3.8, 4) is 0 Å². The van der Waals surface area contributed by atoms with Gasteiger partial charge in [-0.05, 0) is 44.0 Å². The zero-order valence-electron chi connectivity index (χ0n) is 10.7. The van der Waals surface area contributed by atoms with Gasteiger partial charge in [0.25, 0.3) is 0 Å². The first-order chi connectivity index (χ1) is 8.63. The van der Waals surface area contributed by atoms with E-state index in [1.807, 2.05) is 0 Å². The van der Waals surface area contributed by atoms with Crippen LogP contribution in [0.3, 0.4) is 0 Å². The second-order valence-corrected chi connectivity index (χ2v) is 5.11. The summed E-state index contributed by atoms with van der Waals surface area (Å²) in [5, 5.41) is 0. The number of nitrogens with two attached hydrogens (primary N) is 1. The van der Waals surface area contributed by atoms with Crippen LogP contribution in [0.4, 0.5) is 8.78 Å². The topological polar surface area (TPSA) is 29.3 Å². The van der Waals surface area contributed by atoms with Crippen molar-refractivity contribution in [1.29, 1.82) is 0 Å². The monoisotopic (exact) mass is 254 g/mol. The molecule has 1 aromatic rings. The first kappa shape index (κ1) is 13.4. The summed E-state index contributed by atoms with van der Waals surface area (Å²) < 4.78 is 27.6. The summed E-state index contributed by atoms with van der Waals surface area (Å²) in [4.78, 5) is 2.10. The molecule has 18 heavy (non-hydrogen) atoms. The molecule has 0 bridgehead atoms. The van der Waals surface area contributed by atoms with E-state index >= 15 is 0 Å². The van der Waals surface area contributed by atoms with Crippen molar-refractivity contribution in [3.05, 3.63) is 35.4 Å². The van der Waals surface area contributed by atoms with Gasteiger partial charge in [-0.15, -0.1) is 0 Å². The molecular formula is C14H20F2N2. The van der Waals surface area contributed by atoms with Crippen LogP contribution in [0, 0.1) is 17.6 Å². The Labute approximate surface area is 107 Å². The normalized spacial score (nSPS) is 20.0. The molecule has 0 spiro atoms. The highest BCUT2D eigenvalue weighted by atomic mass is 19.1. The fourth-order valence-electron chi connectivity index (χ4n) is 2.62. The third kappa shape index (κ3) is 2.70. The highest BCUT2D eigenvalue weighted by molar-refractivity contribution is 5.24. The maximum Gasteiger partial charge on any atom is 0.130 e. The summed E-state index contributed by atoms with van der Waals surface area (Å²) >= 11 is 0. The molecule has 1 heterocycles. The summed E-state index contributed by atoms with van der Waals surface area (Å²) in [6.07, 6.45) is 2.12. The summed E-state index contributed by atoms with van der Waals surface area (Å²) in [5.74, 6) is -0.307. The van der Waals surface area contributed by atoms with Crippen molar-refractivity contribution in [3.63, 3.8) is 0 Å². The molecule has 1 fully saturated rings. The van der Waals surface area contributed by atoms with Crippen molar-refractivity contribution < 1.29 is 8.78 Å². The van der Waals surface area contributed by atoms with E-state index in [-0.39, 0.29) is 18.2 Å². The van der Waals surface area contributed by atoms with Gasteiger partial charge in [-0.25, -0.2) is 8.78 Å². The number of nitrogens with zero attached hydrogens (tertiary/aromatic N) is 1. The Kier molecular flexibility index (Phi) is 4.30. The zero-order chi connectivity index (χ0) is 13.1. The van der Waals surface area contributed by atoms with Gasteiger partial charge >= 0.3 is 0 Å². The maximum atomic E-state index is 13.8. The lowest BCUT2D eigenvalue weighted by atomic mass is 9.95. The van der Waals surface area contributed by atoms with Crippen LogP contribution in [0.15, 0.2) is 18.2 Å². The number of benzene rings is 1. The molecule has 100 valence electrons. The number of rotatable bonds is 3. The fraction of sp³-hybridized carbons (Fsp3) is 0.571. The third-order valence-corrected chi connectivity index (χ3v) is 3.82. The molecule has 1 aliphatic heterocycles. The minimum absolute atomic E-state index is 0.120. The quantitative estimate of drug-likeness (QED) is 0.898. The van der Waals surface area contributed by atoms with Crippen molar-refractivity contribution in [2.24, 2.45) is 11.7 Å². The minimum atomic E-state index is -0.496. The fourth-order valence-corrected chi connectivity index (χ4v) is 2.62. The van der Waals surface area contributed by atoms with E-state index in [0.29, 0.717) is 5.92 Å². The van der Waals surface area contributed by atoms with E-state index in [1.54, 1.807) is 0 Å². The molecule has 2 nitrogen and oxygen atoms in total. The average Bonchev–Trinajstić information content (AvgIpc) is 2.35. The summed E-state index contributed by atoms with van der Waals surface area (Å²) in [7, 11) is 0. The lowest BCUT2D eigenvalue weighted by molar-refractivity contribution is 0.136. The lowest BCUT2D eigenvalue weighted by Crippen LogP contribution is -2.40. The summed E-state index contributed by atoms with van der Waals surface area (Å²) in [6.45, 7) is 4.17. The molecule has 4 heteroatoms. The molecule has 0 saturated carbocycles. The van der Waals surface area contributed by atoms with E-state index in [2.05, 4.69) is 11.8 Å². The Bertz CT molecular complexity index is 381. The molecule has 1 atom stereocenters. The van der Waals surface area contributed by atoms with Gasteiger partial charge in [0.15, 0.2) is 0 Å². The summed E-state index contributed by atoms with van der Waals surface area (Å²) in [6, 6.07) is 3.64. The van der Waals surface area contributed by atoms with Gasteiger partial charge in [0.05, 0.1) is 6.04 Å². The van der Waals surface area contributed by atoms with Crippen LogP contribution in [0.5, 0.6) is 0 Å². The molecule has 0 radical (unpaired) electrons. The largest absolute Gasteiger partial charge is 0.329 e. The summed E-state index contributed by atoms with van der Waals surface area (Å²) in [5.41, 5.74) is 5.85. The van der Waals surface area contributed by atoms with Crippen LogP contribution in [-0.2, 0) is 0 Å². The molecule has 1 saturated heterocycles. The van der Waals surface area contributed by atoms with E-state index in [9.17, 15) is 8.78 Å². The average molecular weight is 254 g/mol. The van der Waals surface area contributed by atoms with Crippen LogP contribution in [-0.4, -0.2) is 24.5 Å². The van der Waals surface area contributed by atoms with Crippen LogP contribution < -0.4 is 5.73 Å². The van der Waals surface area contributed by atoms with Crippen molar-refractivity contribution in [2.45, 2.75) is 25.8 Å². The maximum absolute atomic E-state index is 13.8. The van der Waals surface area contributed by atoms with Crippen LogP contribution in [0.2, 0.25) is 0 Å². The number of piperidine rings is 1. The van der Waals surface area contributed by atoms with Crippen molar-refractivity contribution in [2.75, 3.05) is 19.6 Å². The van der Waals surface area contributed by atoms with Gasteiger partial charge in [0.2, 0.25) is 0 Å². The molecule has 0 aliphatic carbocycles. The Balaban J connectivity index is 2.23. The van der Waals surface area contributed by atoms with Gasteiger partial charge in [0.1, 0.15) is 11.6 Å². The standard InChI is InChI=1S/C14H20F2N2/c1-10-5-7-18(8-6-10)13(9-17)14-11(15)3-2-4-12(14)16/h2-4,10,13H,5-9,17H2,1H3. The predicted molar refractivity (Wildman–Crippen MR) is 68.1 cm³/mol. The minimum Gasteiger partial charge on any atom is -0.329 e. The predicted octanol–water partition coefficient (Wildman–Crippen LogP) is 2.70. The Morgan fingerprint density at radius 1 is 1.28 bits per heavy atom. The van der Waals surface area contributed by atoms with Crippen LogP contribution in [0.25, 0.3) is 0 Å².